The molecule has 8 heteroatoms. The predicted octanol–water partition coefficient (Wildman–Crippen LogP) is 7.42. The van der Waals surface area contributed by atoms with E-state index in [2.05, 4.69) is 12.1 Å². The molecule has 194 valence electrons. The lowest BCUT2D eigenvalue weighted by atomic mass is 10.1. The molecule has 3 aromatic heterocycles. The number of ether oxygens (including phenoxy) is 1. The number of thiazole rings is 1. The Morgan fingerprint density at radius 3 is 2.41 bits per heavy atom. The normalized spacial score (nSPS) is 11.1. The molecule has 6 aromatic rings. The van der Waals surface area contributed by atoms with Crippen LogP contribution in [0.25, 0.3) is 27.2 Å². The first-order valence-corrected chi connectivity index (χ1v) is 14.3. The molecule has 3 heterocycles. The number of carbonyl (C=O) groups is 1. The summed E-state index contributed by atoms with van der Waals surface area (Å²) in [5.41, 5.74) is 4.86. The van der Waals surface area contributed by atoms with Gasteiger partial charge in [0.15, 0.2) is 5.13 Å². The number of fused-ring (bicyclic) bond motifs is 1. The molecule has 0 aliphatic carbocycles. The second-order valence-corrected chi connectivity index (χ2v) is 11.0. The number of para-hydroxylation sites is 1. The summed E-state index contributed by atoms with van der Waals surface area (Å²) in [6.07, 6.45) is 0.728. The van der Waals surface area contributed by atoms with Crippen LogP contribution in [0.4, 0.5) is 5.13 Å². The fourth-order valence-corrected chi connectivity index (χ4v) is 6.47. The van der Waals surface area contributed by atoms with E-state index in [4.69, 9.17) is 14.8 Å². The number of amides is 1. The summed E-state index contributed by atoms with van der Waals surface area (Å²) in [5, 5.41) is 8.41. The van der Waals surface area contributed by atoms with Crippen molar-refractivity contribution in [2.75, 3.05) is 18.6 Å². The first kappa shape index (κ1) is 25.0. The fourth-order valence-electron chi connectivity index (χ4n) is 4.48. The maximum atomic E-state index is 14.1. The number of carbonyl (C=O) groups excluding carboxylic acids is 1. The van der Waals surface area contributed by atoms with Gasteiger partial charge in [0.1, 0.15) is 10.6 Å². The van der Waals surface area contributed by atoms with Crippen LogP contribution in [-0.2, 0) is 6.42 Å². The van der Waals surface area contributed by atoms with Crippen molar-refractivity contribution in [3.63, 3.8) is 0 Å². The topological polar surface area (TPSA) is 60.2 Å². The Morgan fingerprint density at radius 2 is 1.69 bits per heavy atom. The number of benzene rings is 3. The molecule has 0 radical (unpaired) electrons. The van der Waals surface area contributed by atoms with Gasteiger partial charge < -0.3 is 4.74 Å². The molecule has 6 rings (SSSR count). The third-order valence-electron chi connectivity index (χ3n) is 6.58. The van der Waals surface area contributed by atoms with Crippen molar-refractivity contribution < 1.29 is 9.53 Å². The van der Waals surface area contributed by atoms with Gasteiger partial charge in [-0.2, -0.15) is 5.10 Å². The number of nitrogens with zero attached hydrogens (tertiary/aromatic N) is 4. The zero-order valence-electron chi connectivity index (χ0n) is 21.6. The van der Waals surface area contributed by atoms with Crippen LogP contribution in [0.15, 0.2) is 96.4 Å². The van der Waals surface area contributed by atoms with Gasteiger partial charge in [-0.25, -0.2) is 9.67 Å². The Hall–Kier alpha value is -4.27. The van der Waals surface area contributed by atoms with Crippen molar-refractivity contribution in [3.05, 3.63) is 113 Å². The maximum Gasteiger partial charge on any atom is 0.270 e. The highest BCUT2D eigenvalue weighted by Gasteiger charge is 2.25. The quantitative estimate of drug-likeness (QED) is 0.198. The van der Waals surface area contributed by atoms with E-state index in [1.807, 2.05) is 101 Å². The van der Waals surface area contributed by atoms with Crippen molar-refractivity contribution in [1.82, 2.24) is 14.8 Å². The van der Waals surface area contributed by atoms with E-state index in [9.17, 15) is 4.79 Å². The molecule has 0 N–H and O–H groups in total. The molecule has 3 aromatic carbocycles. The SMILES string of the molecule is COc1ccc(-c2csc(N(CCc3ccccc3)C(=O)c3cc4c(C)nn(-c5ccccc5)c4s3)n2)cc1. The molecule has 39 heavy (non-hydrogen) atoms. The van der Waals surface area contributed by atoms with Gasteiger partial charge >= 0.3 is 0 Å². The minimum absolute atomic E-state index is 0.0539. The van der Waals surface area contributed by atoms with Crippen LogP contribution >= 0.6 is 22.7 Å². The molecular formula is C31H26N4O2S2. The van der Waals surface area contributed by atoms with E-state index in [1.165, 1.54) is 28.2 Å². The van der Waals surface area contributed by atoms with Gasteiger partial charge in [0, 0.05) is 22.9 Å². The highest BCUT2D eigenvalue weighted by Crippen LogP contribution is 2.34. The van der Waals surface area contributed by atoms with Gasteiger partial charge in [-0.3, -0.25) is 9.69 Å². The van der Waals surface area contributed by atoms with Gasteiger partial charge in [0.05, 0.1) is 29.1 Å². The summed E-state index contributed by atoms with van der Waals surface area (Å²) in [5.74, 6) is 0.741. The van der Waals surface area contributed by atoms with Crippen LogP contribution in [0.3, 0.4) is 0 Å². The van der Waals surface area contributed by atoms with E-state index >= 15 is 0 Å². The largest absolute Gasteiger partial charge is 0.497 e. The minimum Gasteiger partial charge on any atom is -0.497 e. The van der Waals surface area contributed by atoms with Crippen molar-refractivity contribution in [2.45, 2.75) is 13.3 Å². The van der Waals surface area contributed by atoms with Gasteiger partial charge in [0.2, 0.25) is 0 Å². The third kappa shape index (κ3) is 5.08. The second kappa shape index (κ2) is 10.8. The van der Waals surface area contributed by atoms with Gasteiger partial charge in [-0.15, -0.1) is 22.7 Å². The van der Waals surface area contributed by atoms with E-state index in [0.29, 0.717) is 16.6 Å². The van der Waals surface area contributed by atoms with Gasteiger partial charge in [-0.1, -0.05) is 48.5 Å². The minimum atomic E-state index is -0.0539. The second-order valence-electron chi connectivity index (χ2n) is 9.10. The zero-order chi connectivity index (χ0) is 26.8. The van der Waals surface area contributed by atoms with Crippen LogP contribution in [0.5, 0.6) is 5.75 Å². The fraction of sp³-hybridized carbons (Fsp3) is 0.129. The van der Waals surface area contributed by atoms with E-state index in [0.717, 1.165) is 45.0 Å². The summed E-state index contributed by atoms with van der Waals surface area (Å²) in [6.45, 7) is 2.51. The summed E-state index contributed by atoms with van der Waals surface area (Å²) in [6, 6.07) is 30.0. The molecule has 0 bridgehead atoms. The van der Waals surface area contributed by atoms with Gasteiger partial charge in [0.25, 0.3) is 5.91 Å². The number of thiophene rings is 1. The molecule has 0 fully saturated rings. The lowest BCUT2D eigenvalue weighted by Gasteiger charge is -2.19. The molecule has 1 amide bonds. The Bertz CT molecular complexity index is 1720. The van der Waals surface area contributed by atoms with Gasteiger partial charge in [-0.05, 0) is 61.4 Å². The number of rotatable bonds is 8. The first-order chi connectivity index (χ1) is 19.1. The maximum absolute atomic E-state index is 14.1. The number of anilines is 1. The molecule has 0 spiro atoms. The zero-order valence-corrected chi connectivity index (χ0v) is 23.2. The summed E-state index contributed by atoms with van der Waals surface area (Å²) >= 11 is 2.95. The Kier molecular flexibility index (Phi) is 6.96. The summed E-state index contributed by atoms with van der Waals surface area (Å²) < 4.78 is 7.21. The van der Waals surface area contributed by atoms with Crippen molar-refractivity contribution in [1.29, 1.82) is 0 Å². The van der Waals surface area contributed by atoms with E-state index in [-0.39, 0.29) is 5.91 Å². The van der Waals surface area contributed by atoms with Crippen LogP contribution in [-0.4, -0.2) is 34.3 Å². The molecule has 0 aliphatic heterocycles. The Morgan fingerprint density at radius 1 is 0.974 bits per heavy atom. The predicted molar refractivity (Wildman–Crippen MR) is 160 cm³/mol. The highest BCUT2D eigenvalue weighted by molar-refractivity contribution is 7.20. The lowest BCUT2D eigenvalue weighted by molar-refractivity contribution is 0.0991. The highest BCUT2D eigenvalue weighted by atomic mass is 32.1. The Labute approximate surface area is 234 Å². The van der Waals surface area contributed by atoms with Crippen LogP contribution in [0.2, 0.25) is 0 Å². The average molecular weight is 551 g/mol. The average Bonchev–Trinajstić information content (AvgIpc) is 3.71. The number of hydrogen-bond donors (Lipinski definition) is 0. The van der Waals surface area contributed by atoms with Crippen LogP contribution in [0.1, 0.15) is 20.9 Å². The van der Waals surface area contributed by atoms with Crippen molar-refractivity contribution >= 4 is 43.9 Å². The molecule has 0 aliphatic rings. The smallest absolute Gasteiger partial charge is 0.270 e. The molecule has 0 unspecified atom stereocenters. The van der Waals surface area contributed by atoms with Crippen LogP contribution in [0, 0.1) is 6.92 Å². The van der Waals surface area contributed by atoms with Crippen molar-refractivity contribution in [2.24, 2.45) is 0 Å². The molecular weight excluding hydrogens is 525 g/mol. The van der Waals surface area contributed by atoms with Crippen molar-refractivity contribution in [3.8, 4) is 22.7 Å². The molecule has 0 saturated heterocycles. The number of aryl methyl sites for hydroxylation is 1. The standard InChI is InChI=1S/C31H26N4O2S2/c1-21-26-19-28(39-30(26)35(33-21)24-11-7-4-8-12-24)29(36)34(18-17-22-9-5-3-6-10-22)31-32-27(20-38-31)23-13-15-25(37-2)16-14-23/h3-16,19-20H,17-18H2,1-2H3. The first-order valence-electron chi connectivity index (χ1n) is 12.6. The lowest BCUT2D eigenvalue weighted by Crippen LogP contribution is -2.32. The summed E-state index contributed by atoms with van der Waals surface area (Å²) in [4.78, 5) is 22.4. The Balaban J connectivity index is 1.35. The van der Waals surface area contributed by atoms with Crippen LogP contribution < -0.4 is 9.64 Å². The number of aromatic nitrogens is 3. The monoisotopic (exact) mass is 550 g/mol. The number of methoxy groups -OCH3 is 1. The third-order valence-corrected chi connectivity index (χ3v) is 8.54. The van der Waals surface area contributed by atoms with E-state index < -0.39 is 0 Å². The molecule has 6 nitrogen and oxygen atoms in total. The molecule has 0 atom stereocenters. The van der Waals surface area contributed by atoms with E-state index in [1.54, 1.807) is 7.11 Å². The summed E-state index contributed by atoms with van der Waals surface area (Å²) in [7, 11) is 1.65. The molecule has 0 saturated carbocycles. The number of hydrogen-bond acceptors (Lipinski definition) is 6.